The summed E-state index contributed by atoms with van der Waals surface area (Å²) in [6, 6.07) is -1.60. The molecule has 0 aromatic heterocycles. The number of carbonyl (C=O) groups excluding carboxylic acids is 2. The van der Waals surface area contributed by atoms with Gasteiger partial charge in [0.2, 0.25) is 0 Å². The van der Waals surface area contributed by atoms with Gasteiger partial charge >= 0.3 is 12.1 Å². The molecule has 0 rings (SSSR count). The van der Waals surface area contributed by atoms with Crippen molar-refractivity contribution in [3.63, 3.8) is 0 Å². The molecule has 2 N–H and O–H groups in total. The molecule has 0 aromatic carbocycles. The number of amides is 1. The molecule has 0 unspecified atom stereocenters. The predicted octanol–water partition coefficient (Wildman–Crippen LogP) is 1.50. The second-order valence-corrected chi connectivity index (χ2v) is 5.34. The molecule has 0 aromatic rings. The normalized spacial score (nSPS) is 13.6. The first-order chi connectivity index (χ1) is 9.73. The minimum Gasteiger partial charge on any atom is -0.467 e. The highest BCUT2D eigenvalue weighted by Crippen LogP contribution is 2.10. The van der Waals surface area contributed by atoms with Gasteiger partial charge in [0, 0.05) is 4.91 Å². The summed E-state index contributed by atoms with van der Waals surface area (Å²) in [4.78, 5) is 25.9. The Kier molecular flexibility index (Phi) is 8.18. The molecular formula is C12H22N4O5. The summed E-state index contributed by atoms with van der Waals surface area (Å²) in [5.74, 6) is -0.640. The molecule has 0 radical (unpaired) electrons. The molecule has 0 aliphatic heterocycles. The topological polar surface area (TPSA) is 134 Å². The Balaban J connectivity index is 4.63. The summed E-state index contributed by atoms with van der Waals surface area (Å²) in [7, 11) is 1.20. The molecule has 9 heteroatoms. The first-order valence-electron chi connectivity index (χ1n) is 6.46. The number of aliphatic hydroxyl groups is 1. The van der Waals surface area contributed by atoms with Gasteiger partial charge in [-0.05, 0) is 39.1 Å². The third kappa shape index (κ3) is 8.72. The zero-order valence-electron chi connectivity index (χ0n) is 12.7. The number of alkyl carbamates (subject to hydrolysis) is 1. The van der Waals surface area contributed by atoms with Crippen molar-refractivity contribution >= 4 is 12.1 Å². The number of azide groups is 1. The standard InChI is InChI=1S/C12H22N4O5/c1-12(2,3)21-11(19)14-9(10(18)20-4)6-5-8(7-17)15-16-13/h8-9,17H,5-7H2,1-4H3,(H,14,19)/t8-,9+/m1/s1. The first kappa shape index (κ1) is 19.0. The summed E-state index contributed by atoms with van der Waals surface area (Å²) in [6.07, 6.45) is -0.381. The Morgan fingerprint density at radius 3 is 2.43 bits per heavy atom. The Morgan fingerprint density at radius 1 is 1.38 bits per heavy atom. The van der Waals surface area contributed by atoms with E-state index in [9.17, 15) is 9.59 Å². The molecule has 21 heavy (non-hydrogen) atoms. The lowest BCUT2D eigenvalue weighted by molar-refractivity contribution is -0.143. The number of aliphatic hydroxyl groups excluding tert-OH is 1. The van der Waals surface area contributed by atoms with Crippen LogP contribution in [0.15, 0.2) is 5.11 Å². The zero-order chi connectivity index (χ0) is 16.5. The second kappa shape index (κ2) is 9.04. The fraction of sp³-hybridized carbons (Fsp3) is 0.833. The third-order valence-corrected chi connectivity index (χ3v) is 2.39. The fourth-order valence-corrected chi connectivity index (χ4v) is 1.46. The van der Waals surface area contributed by atoms with Crippen LogP contribution in [-0.2, 0) is 14.3 Å². The molecule has 0 aliphatic carbocycles. The molecule has 2 atom stereocenters. The number of carbonyl (C=O) groups is 2. The Hall–Kier alpha value is -1.99. The van der Waals surface area contributed by atoms with E-state index in [0.717, 1.165) is 0 Å². The molecule has 9 nitrogen and oxygen atoms in total. The van der Waals surface area contributed by atoms with Crippen LogP contribution in [0.4, 0.5) is 4.79 Å². The van der Waals surface area contributed by atoms with E-state index in [0.29, 0.717) is 0 Å². The molecule has 120 valence electrons. The van der Waals surface area contributed by atoms with Crippen LogP contribution in [0.3, 0.4) is 0 Å². The zero-order valence-corrected chi connectivity index (χ0v) is 12.7. The summed E-state index contributed by atoms with van der Waals surface area (Å²) in [5.41, 5.74) is 7.64. The summed E-state index contributed by atoms with van der Waals surface area (Å²) in [5, 5.41) is 14.8. The average molecular weight is 302 g/mol. The first-order valence-corrected chi connectivity index (χ1v) is 6.46. The Labute approximate surface area is 123 Å². The Morgan fingerprint density at radius 2 is 2.00 bits per heavy atom. The average Bonchev–Trinajstić information content (AvgIpc) is 2.38. The molecular weight excluding hydrogens is 280 g/mol. The lowest BCUT2D eigenvalue weighted by Gasteiger charge is -2.23. The molecule has 0 heterocycles. The number of hydrogen-bond donors (Lipinski definition) is 2. The Bertz CT molecular complexity index is 401. The van der Waals surface area contributed by atoms with Gasteiger partial charge in [-0.3, -0.25) is 0 Å². The van der Waals surface area contributed by atoms with Crippen LogP contribution < -0.4 is 5.32 Å². The lowest BCUT2D eigenvalue weighted by atomic mass is 10.1. The minimum atomic E-state index is -0.937. The molecule has 0 aliphatic rings. The van der Waals surface area contributed by atoms with Crippen LogP contribution in [0, 0.1) is 0 Å². The van der Waals surface area contributed by atoms with Crippen LogP contribution >= 0.6 is 0 Å². The van der Waals surface area contributed by atoms with Crippen molar-refractivity contribution in [2.75, 3.05) is 13.7 Å². The maximum absolute atomic E-state index is 11.7. The summed E-state index contributed by atoms with van der Waals surface area (Å²) < 4.78 is 9.65. The van der Waals surface area contributed by atoms with E-state index in [1.807, 2.05) is 0 Å². The lowest BCUT2D eigenvalue weighted by Crippen LogP contribution is -2.44. The third-order valence-electron chi connectivity index (χ3n) is 2.39. The van der Waals surface area contributed by atoms with E-state index in [4.69, 9.17) is 15.4 Å². The summed E-state index contributed by atoms with van der Waals surface area (Å²) in [6.45, 7) is 4.75. The molecule has 1 amide bonds. The van der Waals surface area contributed by atoms with Crippen molar-refractivity contribution < 1.29 is 24.2 Å². The van der Waals surface area contributed by atoms with Gasteiger partial charge in [-0.2, -0.15) is 0 Å². The second-order valence-electron chi connectivity index (χ2n) is 5.34. The highest BCUT2D eigenvalue weighted by atomic mass is 16.6. The number of nitrogens with one attached hydrogen (secondary N) is 1. The number of nitrogens with zero attached hydrogens (tertiary/aromatic N) is 3. The van der Waals surface area contributed by atoms with Crippen LogP contribution in [0.2, 0.25) is 0 Å². The van der Waals surface area contributed by atoms with E-state index in [1.54, 1.807) is 20.8 Å². The minimum absolute atomic E-state index is 0.149. The molecule has 0 bridgehead atoms. The van der Waals surface area contributed by atoms with Crippen LogP contribution in [0.5, 0.6) is 0 Å². The number of esters is 1. The summed E-state index contributed by atoms with van der Waals surface area (Å²) >= 11 is 0. The molecule has 0 saturated heterocycles. The highest BCUT2D eigenvalue weighted by Gasteiger charge is 2.25. The quantitative estimate of drug-likeness (QED) is 0.318. The van der Waals surface area contributed by atoms with Crippen LogP contribution in [0.25, 0.3) is 10.4 Å². The SMILES string of the molecule is COC(=O)[C@H](CC[C@H](CO)N=[N+]=[N-])NC(=O)OC(C)(C)C. The van der Waals surface area contributed by atoms with E-state index in [1.165, 1.54) is 7.11 Å². The highest BCUT2D eigenvalue weighted by molar-refractivity contribution is 5.81. The predicted molar refractivity (Wildman–Crippen MR) is 74.4 cm³/mol. The van der Waals surface area contributed by atoms with Gasteiger partial charge in [0.25, 0.3) is 0 Å². The van der Waals surface area contributed by atoms with Gasteiger partial charge in [-0.15, -0.1) is 0 Å². The van der Waals surface area contributed by atoms with Gasteiger partial charge in [0.15, 0.2) is 0 Å². The van der Waals surface area contributed by atoms with E-state index >= 15 is 0 Å². The van der Waals surface area contributed by atoms with Gasteiger partial charge in [0.05, 0.1) is 19.8 Å². The van der Waals surface area contributed by atoms with E-state index in [-0.39, 0.29) is 19.4 Å². The number of methoxy groups -OCH3 is 1. The van der Waals surface area contributed by atoms with Crippen molar-refractivity contribution in [2.24, 2.45) is 5.11 Å². The van der Waals surface area contributed by atoms with Crippen LogP contribution in [-0.4, -0.2) is 48.6 Å². The van der Waals surface area contributed by atoms with Crippen molar-refractivity contribution in [3.8, 4) is 0 Å². The van der Waals surface area contributed by atoms with E-state index in [2.05, 4.69) is 20.1 Å². The van der Waals surface area contributed by atoms with Crippen molar-refractivity contribution in [2.45, 2.75) is 51.3 Å². The van der Waals surface area contributed by atoms with Crippen molar-refractivity contribution in [1.82, 2.24) is 5.32 Å². The van der Waals surface area contributed by atoms with Gasteiger partial charge in [-0.25, -0.2) is 9.59 Å². The fourth-order valence-electron chi connectivity index (χ4n) is 1.46. The largest absolute Gasteiger partial charge is 0.467 e. The molecule has 0 spiro atoms. The van der Waals surface area contributed by atoms with Crippen molar-refractivity contribution in [1.29, 1.82) is 0 Å². The number of hydrogen-bond acceptors (Lipinski definition) is 6. The maximum Gasteiger partial charge on any atom is 0.408 e. The van der Waals surface area contributed by atoms with Gasteiger partial charge in [0.1, 0.15) is 11.6 Å². The number of rotatable bonds is 7. The monoisotopic (exact) mass is 302 g/mol. The van der Waals surface area contributed by atoms with Crippen molar-refractivity contribution in [3.05, 3.63) is 10.4 Å². The van der Waals surface area contributed by atoms with Gasteiger partial charge < -0.3 is 19.9 Å². The maximum atomic E-state index is 11.7. The van der Waals surface area contributed by atoms with Gasteiger partial charge in [-0.1, -0.05) is 5.11 Å². The molecule has 0 saturated carbocycles. The molecule has 0 fully saturated rings. The van der Waals surface area contributed by atoms with E-state index < -0.39 is 29.7 Å². The number of ether oxygens (including phenoxy) is 2. The smallest absolute Gasteiger partial charge is 0.408 e. The van der Waals surface area contributed by atoms with Crippen LogP contribution in [0.1, 0.15) is 33.6 Å².